The van der Waals surface area contributed by atoms with Crippen molar-refractivity contribution in [2.75, 3.05) is 0 Å². The Hall–Kier alpha value is -0.410. The summed E-state index contributed by atoms with van der Waals surface area (Å²) in [6.45, 7) is 14.9. The first kappa shape index (κ1) is 15.6. The van der Waals surface area contributed by atoms with Crippen molar-refractivity contribution < 1.29 is 14.3 Å². The third-order valence-corrected chi connectivity index (χ3v) is 2.15. The molecule has 96 valence electrons. The van der Waals surface area contributed by atoms with E-state index in [9.17, 15) is 4.79 Å². The average molecular weight is 230 g/mol. The summed E-state index contributed by atoms with van der Waals surface area (Å²) in [5, 5.41) is 0. The Balaban J connectivity index is 4.76. The van der Waals surface area contributed by atoms with Gasteiger partial charge in [0.15, 0.2) is 5.78 Å². The van der Waals surface area contributed by atoms with Gasteiger partial charge in [0.1, 0.15) is 11.2 Å². The summed E-state index contributed by atoms with van der Waals surface area (Å²) in [7, 11) is 0. The van der Waals surface area contributed by atoms with Crippen molar-refractivity contribution >= 4 is 5.78 Å². The van der Waals surface area contributed by atoms with E-state index >= 15 is 0 Å². The normalized spacial score (nSPS) is 13.6. The topological polar surface area (TPSA) is 35.5 Å². The number of hydrogen-bond acceptors (Lipinski definition) is 3. The highest BCUT2D eigenvalue weighted by Crippen LogP contribution is 2.24. The molecule has 0 fully saturated rings. The van der Waals surface area contributed by atoms with Crippen LogP contribution in [0.25, 0.3) is 0 Å². The zero-order chi connectivity index (χ0) is 13.1. The monoisotopic (exact) mass is 230 g/mol. The van der Waals surface area contributed by atoms with Crippen LogP contribution in [0.2, 0.25) is 0 Å². The van der Waals surface area contributed by atoms with Gasteiger partial charge in [0.05, 0.1) is 12.2 Å². The predicted molar refractivity (Wildman–Crippen MR) is 65.6 cm³/mol. The molecule has 0 unspecified atom stereocenters. The second kappa shape index (κ2) is 5.28. The highest BCUT2D eigenvalue weighted by molar-refractivity contribution is 5.93. The van der Waals surface area contributed by atoms with Gasteiger partial charge in [-0.15, -0.1) is 0 Å². The Kier molecular flexibility index (Phi) is 5.15. The molecular formula is C13H26O3. The molecule has 3 heteroatoms. The maximum absolute atomic E-state index is 12.3. The average Bonchev–Trinajstić information content (AvgIpc) is 1.97. The van der Waals surface area contributed by atoms with Crippen LogP contribution in [-0.4, -0.2) is 29.2 Å². The molecule has 0 amide bonds. The summed E-state index contributed by atoms with van der Waals surface area (Å²) >= 11 is 0. The number of rotatable bonds is 6. The Bertz CT molecular complexity index is 216. The van der Waals surface area contributed by atoms with E-state index < -0.39 is 11.2 Å². The van der Waals surface area contributed by atoms with Gasteiger partial charge in [-0.05, 0) is 55.4 Å². The fraction of sp³-hybridized carbons (Fsp3) is 0.923. The minimum atomic E-state index is -0.813. The molecule has 0 saturated heterocycles. The first-order valence-corrected chi connectivity index (χ1v) is 5.89. The van der Waals surface area contributed by atoms with Gasteiger partial charge in [0.2, 0.25) is 0 Å². The molecule has 0 rings (SSSR count). The fourth-order valence-electron chi connectivity index (χ4n) is 2.01. The molecule has 0 aromatic rings. The highest BCUT2D eigenvalue weighted by Gasteiger charge is 2.41. The molecule has 0 heterocycles. The lowest BCUT2D eigenvalue weighted by atomic mass is 9.90. The lowest BCUT2D eigenvalue weighted by Gasteiger charge is -2.35. The molecule has 0 aliphatic heterocycles. The largest absolute Gasteiger partial charge is 0.365 e. The van der Waals surface area contributed by atoms with Crippen molar-refractivity contribution in [3.05, 3.63) is 0 Å². The van der Waals surface area contributed by atoms with E-state index in [1.54, 1.807) is 27.7 Å². The summed E-state index contributed by atoms with van der Waals surface area (Å²) in [5.41, 5.74) is -1.63. The minimum absolute atomic E-state index is 0.0220. The molecule has 0 saturated carbocycles. The number of hydrogen-bond donors (Lipinski definition) is 0. The molecule has 0 bridgehead atoms. The summed E-state index contributed by atoms with van der Waals surface area (Å²) in [6.07, 6.45) is 0.0441. The van der Waals surface area contributed by atoms with E-state index in [0.717, 1.165) is 0 Å². The minimum Gasteiger partial charge on any atom is -0.365 e. The smallest absolute Gasteiger partial charge is 0.195 e. The van der Waals surface area contributed by atoms with Gasteiger partial charge in [0, 0.05) is 0 Å². The first-order valence-electron chi connectivity index (χ1n) is 5.89. The molecule has 0 aromatic carbocycles. The van der Waals surface area contributed by atoms with Crippen molar-refractivity contribution in [1.29, 1.82) is 0 Å². The molecular weight excluding hydrogens is 204 g/mol. The van der Waals surface area contributed by atoms with Crippen LogP contribution in [0.4, 0.5) is 0 Å². The fourth-order valence-corrected chi connectivity index (χ4v) is 2.01. The van der Waals surface area contributed by atoms with Crippen LogP contribution in [0, 0.1) is 0 Å². The van der Waals surface area contributed by atoms with Crippen LogP contribution >= 0.6 is 0 Å². The quantitative estimate of drug-likeness (QED) is 0.703. The summed E-state index contributed by atoms with van der Waals surface area (Å²) in [6, 6.07) is 0. The number of ketones is 1. The first-order chi connectivity index (χ1) is 6.99. The van der Waals surface area contributed by atoms with Gasteiger partial charge in [-0.1, -0.05) is 0 Å². The Morgan fingerprint density at radius 1 is 0.812 bits per heavy atom. The van der Waals surface area contributed by atoms with E-state index in [1.165, 1.54) is 0 Å². The summed E-state index contributed by atoms with van der Waals surface area (Å²) in [4.78, 5) is 12.3. The molecule has 0 atom stereocenters. The molecule has 0 aliphatic carbocycles. The molecule has 0 N–H and O–H groups in total. The zero-order valence-corrected chi connectivity index (χ0v) is 11.9. The number of carbonyl (C=O) groups excluding carboxylic acids is 1. The van der Waals surface area contributed by atoms with Gasteiger partial charge in [-0.3, -0.25) is 4.79 Å². The van der Waals surface area contributed by atoms with Gasteiger partial charge < -0.3 is 9.47 Å². The van der Waals surface area contributed by atoms with Crippen molar-refractivity contribution in [3.63, 3.8) is 0 Å². The Morgan fingerprint density at radius 2 is 1.06 bits per heavy atom. The maximum atomic E-state index is 12.3. The maximum Gasteiger partial charge on any atom is 0.195 e. The van der Waals surface area contributed by atoms with Crippen molar-refractivity contribution in [1.82, 2.24) is 0 Å². The van der Waals surface area contributed by atoms with Crippen LogP contribution in [0.3, 0.4) is 0 Å². The third-order valence-electron chi connectivity index (χ3n) is 2.15. The van der Waals surface area contributed by atoms with Crippen LogP contribution in [0.5, 0.6) is 0 Å². The van der Waals surface area contributed by atoms with Crippen molar-refractivity contribution in [2.45, 2.75) is 78.8 Å². The van der Waals surface area contributed by atoms with E-state index in [1.807, 2.05) is 27.7 Å². The number of ether oxygens (including phenoxy) is 2. The lowest BCUT2D eigenvalue weighted by molar-refractivity contribution is -0.171. The van der Waals surface area contributed by atoms with E-state index in [4.69, 9.17) is 9.47 Å². The van der Waals surface area contributed by atoms with Gasteiger partial charge in [-0.25, -0.2) is 0 Å². The van der Waals surface area contributed by atoms with E-state index in [-0.39, 0.29) is 18.0 Å². The highest BCUT2D eigenvalue weighted by atomic mass is 16.5. The van der Waals surface area contributed by atoms with Crippen LogP contribution in [-0.2, 0) is 14.3 Å². The molecule has 0 aromatic heterocycles. The van der Waals surface area contributed by atoms with Gasteiger partial charge in [-0.2, -0.15) is 0 Å². The molecule has 0 aliphatic rings. The van der Waals surface area contributed by atoms with Crippen LogP contribution in [0.15, 0.2) is 0 Å². The molecule has 0 spiro atoms. The molecule has 3 nitrogen and oxygen atoms in total. The molecule has 16 heavy (non-hydrogen) atoms. The van der Waals surface area contributed by atoms with Crippen molar-refractivity contribution in [2.24, 2.45) is 0 Å². The Labute approximate surface area is 99.5 Å². The summed E-state index contributed by atoms with van der Waals surface area (Å²) in [5.74, 6) is -0.0256. The number of Topliss-reactive ketones (excluding diaryl/α,β-unsaturated/α-hetero) is 1. The van der Waals surface area contributed by atoms with E-state index in [2.05, 4.69) is 0 Å². The number of carbonyl (C=O) groups is 1. The second-order valence-electron chi connectivity index (χ2n) is 5.68. The van der Waals surface area contributed by atoms with Gasteiger partial charge in [0.25, 0.3) is 0 Å². The Morgan fingerprint density at radius 3 is 1.25 bits per heavy atom. The third kappa shape index (κ3) is 4.62. The summed E-state index contributed by atoms with van der Waals surface area (Å²) < 4.78 is 11.3. The predicted octanol–water partition coefficient (Wildman–Crippen LogP) is 2.96. The van der Waals surface area contributed by atoms with E-state index in [0.29, 0.717) is 0 Å². The van der Waals surface area contributed by atoms with Crippen molar-refractivity contribution in [3.8, 4) is 0 Å². The molecule has 0 radical (unpaired) electrons. The van der Waals surface area contributed by atoms with Crippen LogP contribution < -0.4 is 0 Å². The lowest BCUT2D eigenvalue weighted by Crippen LogP contribution is -2.51. The van der Waals surface area contributed by atoms with Crippen LogP contribution in [0.1, 0.15) is 55.4 Å². The second-order valence-corrected chi connectivity index (χ2v) is 5.68. The standard InChI is InChI=1S/C13H26O3/c1-9(2)15-12(5,6)11(14)13(7,8)16-10(3)4/h9-10H,1-8H3. The van der Waals surface area contributed by atoms with Gasteiger partial charge >= 0.3 is 0 Å². The SMILES string of the molecule is CC(C)OC(C)(C)C(=O)C(C)(C)OC(C)C. The zero-order valence-electron chi connectivity index (χ0n) is 11.9.